The summed E-state index contributed by atoms with van der Waals surface area (Å²) >= 11 is 1.62. The zero-order chi connectivity index (χ0) is 15.8. The molecule has 114 valence electrons. The molecule has 1 aromatic heterocycles. The number of hydrogen-bond donors (Lipinski definition) is 1. The standard InChI is InChI=1S/C17H11FN2O2S/c18-12-6-2-3-7-13(12)19-17(21)15-11-9-23-14-8-4-1-5-10(14)16(11)22-20-15/h1-8H,9H2,(H,19,21). The fourth-order valence-corrected chi connectivity index (χ4v) is 3.57. The van der Waals surface area contributed by atoms with Crippen molar-refractivity contribution in [2.75, 3.05) is 5.32 Å². The molecular weight excluding hydrogens is 315 g/mol. The van der Waals surface area contributed by atoms with Crippen LogP contribution in [0.3, 0.4) is 0 Å². The Balaban J connectivity index is 1.69. The Morgan fingerprint density at radius 1 is 1.17 bits per heavy atom. The van der Waals surface area contributed by atoms with Gasteiger partial charge in [0, 0.05) is 21.8 Å². The Labute approximate surface area is 135 Å². The molecule has 0 atom stereocenters. The van der Waals surface area contributed by atoms with Crippen LogP contribution < -0.4 is 5.32 Å². The number of benzene rings is 2. The van der Waals surface area contributed by atoms with Crippen LogP contribution in [0.1, 0.15) is 16.1 Å². The van der Waals surface area contributed by atoms with Crippen LogP contribution in [0.4, 0.5) is 10.1 Å². The number of halogens is 1. The fraction of sp³-hybridized carbons (Fsp3) is 0.0588. The van der Waals surface area contributed by atoms with Crippen LogP contribution in [0.15, 0.2) is 57.9 Å². The number of carbonyl (C=O) groups is 1. The van der Waals surface area contributed by atoms with E-state index in [2.05, 4.69) is 10.5 Å². The summed E-state index contributed by atoms with van der Waals surface area (Å²) < 4.78 is 19.0. The first-order valence-electron chi connectivity index (χ1n) is 7.00. The molecule has 1 aliphatic heterocycles. The summed E-state index contributed by atoms with van der Waals surface area (Å²) in [6.45, 7) is 0. The third kappa shape index (κ3) is 2.41. The molecule has 1 amide bonds. The number of nitrogens with zero attached hydrogens (tertiary/aromatic N) is 1. The number of amides is 1. The van der Waals surface area contributed by atoms with Crippen LogP contribution in [0.2, 0.25) is 0 Å². The molecule has 0 saturated heterocycles. The number of thioether (sulfide) groups is 1. The normalized spacial score (nSPS) is 12.4. The minimum Gasteiger partial charge on any atom is -0.355 e. The summed E-state index contributed by atoms with van der Waals surface area (Å²) in [5.41, 5.74) is 1.99. The van der Waals surface area contributed by atoms with E-state index in [-0.39, 0.29) is 11.4 Å². The first-order valence-corrected chi connectivity index (χ1v) is 7.99. The summed E-state index contributed by atoms with van der Waals surface area (Å²) in [4.78, 5) is 13.5. The van der Waals surface area contributed by atoms with E-state index < -0.39 is 11.7 Å². The Bertz CT molecular complexity index is 907. The van der Waals surface area contributed by atoms with E-state index in [1.807, 2.05) is 24.3 Å². The number of aromatic nitrogens is 1. The first kappa shape index (κ1) is 14.0. The van der Waals surface area contributed by atoms with E-state index in [4.69, 9.17) is 4.52 Å². The van der Waals surface area contributed by atoms with Gasteiger partial charge in [0.15, 0.2) is 11.5 Å². The number of anilines is 1. The van der Waals surface area contributed by atoms with E-state index in [0.29, 0.717) is 11.5 Å². The Kier molecular flexibility index (Phi) is 3.38. The molecule has 23 heavy (non-hydrogen) atoms. The van der Waals surface area contributed by atoms with Gasteiger partial charge in [-0.25, -0.2) is 4.39 Å². The highest BCUT2D eigenvalue weighted by Gasteiger charge is 2.28. The van der Waals surface area contributed by atoms with Gasteiger partial charge in [0.1, 0.15) is 5.82 Å². The summed E-state index contributed by atoms with van der Waals surface area (Å²) in [6.07, 6.45) is 0. The fourth-order valence-electron chi connectivity index (χ4n) is 2.51. The van der Waals surface area contributed by atoms with Gasteiger partial charge in [-0.2, -0.15) is 0 Å². The zero-order valence-electron chi connectivity index (χ0n) is 11.9. The van der Waals surface area contributed by atoms with Crippen molar-refractivity contribution in [3.63, 3.8) is 0 Å². The Hall–Kier alpha value is -2.60. The summed E-state index contributed by atoms with van der Waals surface area (Å²) in [6, 6.07) is 13.8. The molecule has 6 heteroatoms. The van der Waals surface area contributed by atoms with Crippen LogP contribution in [0, 0.1) is 5.82 Å². The molecule has 3 aromatic rings. The highest BCUT2D eigenvalue weighted by atomic mass is 32.2. The lowest BCUT2D eigenvalue weighted by Crippen LogP contribution is -2.15. The van der Waals surface area contributed by atoms with Gasteiger partial charge >= 0.3 is 0 Å². The van der Waals surface area contributed by atoms with Gasteiger partial charge in [-0.1, -0.05) is 29.4 Å². The van der Waals surface area contributed by atoms with Crippen LogP contribution in [-0.4, -0.2) is 11.1 Å². The quantitative estimate of drug-likeness (QED) is 0.761. The minimum atomic E-state index is -0.488. The van der Waals surface area contributed by atoms with Crippen molar-refractivity contribution < 1.29 is 13.7 Å². The maximum atomic E-state index is 13.7. The molecule has 1 N–H and O–H groups in total. The maximum absolute atomic E-state index is 13.7. The third-order valence-corrected chi connectivity index (χ3v) is 4.73. The maximum Gasteiger partial charge on any atom is 0.278 e. The predicted octanol–water partition coefficient (Wildman–Crippen LogP) is 4.34. The van der Waals surface area contributed by atoms with Gasteiger partial charge in [-0.05, 0) is 24.3 Å². The topological polar surface area (TPSA) is 55.1 Å². The average Bonchev–Trinajstić information content (AvgIpc) is 3.01. The molecule has 0 aliphatic carbocycles. The second-order valence-electron chi connectivity index (χ2n) is 5.06. The van der Waals surface area contributed by atoms with E-state index in [0.717, 1.165) is 16.0 Å². The molecule has 2 heterocycles. The second kappa shape index (κ2) is 5.55. The number of nitrogens with one attached hydrogen (secondary N) is 1. The van der Waals surface area contributed by atoms with Gasteiger partial charge in [0.2, 0.25) is 0 Å². The van der Waals surface area contributed by atoms with Gasteiger partial charge in [0.05, 0.1) is 5.69 Å². The van der Waals surface area contributed by atoms with Crippen molar-refractivity contribution in [3.05, 3.63) is 65.6 Å². The van der Waals surface area contributed by atoms with Crippen molar-refractivity contribution >= 4 is 23.4 Å². The van der Waals surface area contributed by atoms with E-state index >= 15 is 0 Å². The van der Waals surface area contributed by atoms with Crippen molar-refractivity contribution in [2.45, 2.75) is 10.6 Å². The van der Waals surface area contributed by atoms with Crippen molar-refractivity contribution in [3.8, 4) is 11.3 Å². The number of carbonyl (C=O) groups excluding carboxylic acids is 1. The minimum absolute atomic E-state index is 0.123. The predicted molar refractivity (Wildman–Crippen MR) is 85.9 cm³/mol. The summed E-state index contributed by atoms with van der Waals surface area (Å²) in [5, 5.41) is 6.44. The number of hydrogen-bond acceptors (Lipinski definition) is 4. The van der Waals surface area contributed by atoms with E-state index in [9.17, 15) is 9.18 Å². The van der Waals surface area contributed by atoms with Crippen molar-refractivity contribution in [2.24, 2.45) is 0 Å². The summed E-state index contributed by atoms with van der Waals surface area (Å²) in [7, 11) is 0. The van der Waals surface area contributed by atoms with Gasteiger partial charge < -0.3 is 9.84 Å². The van der Waals surface area contributed by atoms with Crippen molar-refractivity contribution in [1.29, 1.82) is 0 Å². The molecule has 0 saturated carbocycles. The van der Waals surface area contributed by atoms with Crippen molar-refractivity contribution in [1.82, 2.24) is 5.16 Å². The van der Waals surface area contributed by atoms with Gasteiger partial charge in [-0.15, -0.1) is 11.8 Å². The average molecular weight is 326 g/mol. The van der Waals surface area contributed by atoms with E-state index in [1.54, 1.807) is 23.9 Å². The second-order valence-corrected chi connectivity index (χ2v) is 6.07. The SMILES string of the molecule is O=C(Nc1ccccc1F)c1noc2c1CSc1ccccc1-2. The molecule has 4 rings (SSSR count). The molecule has 0 radical (unpaired) electrons. The molecule has 0 spiro atoms. The molecule has 4 nitrogen and oxygen atoms in total. The number of fused-ring (bicyclic) bond motifs is 3. The van der Waals surface area contributed by atoms with Gasteiger partial charge in [0.25, 0.3) is 5.91 Å². The number of rotatable bonds is 2. The zero-order valence-corrected chi connectivity index (χ0v) is 12.7. The summed E-state index contributed by atoms with van der Waals surface area (Å²) in [5.74, 6) is 0.242. The molecular formula is C17H11FN2O2S. The molecule has 0 unspecified atom stereocenters. The molecule has 0 bridgehead atoms. The lowest BCUT2D eigenvalue weighted by atomic mass is 10.1. The van der Waals surface area contributed by atoms with Crippen LogP contribution >= 0.6 is 11.8 Å². The van der Waals surface area contributed by atoms with Crippen LogP contribution in [0.5, 0.6) is 0 Å². The lowest BCUT2D eigenvalue weighted by molar-refractivity contribution is 0.101. The smallest absolute Gasteiger partial charge is 0.278 e. The highest BCUT2D eigenvalue weighted by Crippen LogP contribution is 2.42. The van der Waals surface area contributed by atoms with Crippen LogP contribution in [0.25, 0.3) is 11.3 Å². The largest absolute Gasteiger partial charge is 0.355 e. The highest BCUT2D eigenvalue weighted by molar-refractivity contribution is 7.98. The Morgan fingerprint density at radius 3 is 2.83 bits per heavy atom. The molecule has 0 fully saturated rings. The lowest BCUT2D eigenvalue weighted by Gasteiger charge is -2.13. The van der Waals surface area contributed by atoms with Gasteiger partial charge in [-0.3, -0.25) is 4.79 Å². The van der Waals surface area contributed by atoms with Crippen LogP contribution in [-0.2, 0) is 5.75 Å². The molecule has 2 aromatic carbocycles. The number of para-hydroxylation sites is 1. The molecule has 1 aliphatic rings. The third-order valence-electron chi connectivity index (χ3n) is 3.63. The first-order chi connectivity index (χ1) is 11.2. The Morgan fingerprint density at radius 2 is 1.96 bits per heavy atom. The monoisotopic (exact) mass is 326 g/mol. The van der Waals surface area contributed by atoms with E-state index in [1.165, 1.54) is 12.1 Å².